The van der Waals surface area contributed by atoms with Crippen molar-refractivity contribution in [1.29, 1.82) is 0 Å². The van der Waals surface area contributed by atoms with Crippen molar-refractivity contribution in [3.05, 3.63) is 24.0 Å². The highest BCUT2D eigenvalue weighted by atomic mass is 32.2. The zero-order valence-corrected chi connectivity index (χ0v) is 11.8. The van der Waals surface area contributed by atoms with Crippen molar-refractivity contribution in [3.63, 3.8) is 0 Å². The van der Waals surface area contributed by atoms with Gasteiger partial charge in [0.15, 0.2) is 0 Å². The highest BCUT2D eigenvalue weighted by Gasteiger charge is 2.30. The molecule has 20 heavy (non-hydrogen) atoms. The molecule has 1 atom stereocenters. The summed E-state index contributed by atoms with van der Waals surface area (Å²) in [7, 11) is -3.47. The molecule has 8 heteroatoms. The van der Waals surface area contributed by atoms with Crippen molar-refractivity contribution < 1.29 is 17.6 Å². The summed E-state index contributed by atoms with van der Waals surface area (Å²) in [6.45, 7) is 1.76. The van der Waals surface area contributed by atoms with Crippen LogP contribution >= 0.6 is 0 Å². The second-order valence-electron chi connectivity index (χ2n) is 4.69. The molecule has 2 rings (SSSR count). The fourth-order valence-electron chi connectivity index (χ4n) is 1.95. The van der Waals surface area contributed by atoms with Crippen molar-refractivity contribution in [3.8, 4) is 0 Å². The Labute approximate surface area is 116 Å². The second kappa shape index (κ2) is 5.37. The molecule has 3 N–H and O–H groups in total. The second-order valence-corrected chi connectivity index (χ2v) is 6.70. The number of nitrogens with zero attached hydrogens (tertiary/aromatic N) is 1. The van der Waals surface area contributed by atoms with Gasteiger partial charge in [-0.1, -0.05) is 0 Å². The highest BCUT2D eigenvalue weighted by Crippen LogP contribution is 2.29. The number of carbonyl (C=O) groups excluding carboxylic acids is 1. The van der Waals surface area contributed by atoms with Gasteiger partial charge < -0.3 is 11.1 Å². The van der Waals surface area contributed by atoms with Crippen LogP contribution < -0.4 is 15.4 Å². The van der Waals surface area contributed by atoms with Gasteiger partial charge in [0.1, 0.15) is 5.82 Å². The first-order valence-corrected chi connectivity index (χ1v) is 7.78. The lowest BCUT2D eigenvalue weighted by atomic mass is 10.2. The Balaban J connectivity index is 2.32. The molecular weight excluding hydrogens is 285 g/mol. The first-order chi connectivity index (χ1) is 9.31. The number of halogens is 1. The summed E-state index contributed by atoms with van der Waals surface area (Å²) in [5, 5.41) is 2.51. The van der Waals surface area contributed by atoms with Crippen molar-refractivity contribution >= 4 is 27.3 Å². The summed E-state index contributed by atoms with van der Waals surface area (Å²) in [6.07, 6.45) is 0.457. The molecule has 1 aliphatic heterocycles. The fourth-order valence-corrected chi connectivity index (χ4v) is 3.51. The van der Waals surface area contributed by atoms with Gasteiger partial charge in [-0.2, -0.15) is 0 Å². The molecule has 1 heterocycles. The molecule has 0 unspecified atom stereocenters. The molecule has 1 fully saturated rings. The van der Waals surface area contributed by atoms with Gasteiger partial charge in [-0.05, 0) is 31.5 Å². The van der Waals surface area contributed by atoms with Crippen molar-refractivity contribution in [2.75, 3.05) is 21.9 Å². The van der Waals surface area contributed by atoms with Gasteiger partial charge in [-0.15, -0.1) is 0 Å². The Kier molecular flexibility index (Phi) is 3.96. The minimum Gasteiger partial charge on any atom is -0.325 e. The van der Waals surface area contributed by atoms with E-state index in [0.29, 0.717) is 12.1 Å². The van der Waals surface area contributed by atoms with Crippen LogP contribution in [0.25, 0.3) is 0 Å². The minimum absolute atomic E-state index is 0.00284. The van der Waals surface area contributed by atoms with E-state index in [0.717, 1.165) is 10.4 Å². The number of carbonyl (C=O) groups is 1. The number of rotatable bonds is 3. The Morgan fingerprint density at radius 1 is 1.50 bits per heavy atom. The van der Waals surface area contributed by atoms with Gasteiger partial charge in [0.05, 0.1) is 17.5 Å². The van der Waals surface area contributed by atoms with Crippen molar-refractivity contribution in [1.82, 2.24) is 0 Å². The third-order valence-corrected chi connectivity index (χ3v) is 4.85. The number of sulfonamides is 1. The normalized spacial score (nSPS) is 18.9. The minimum atomic E-state index is -3.47. The molecule has 0 bridgehead atoms. The van der Waals surface area contributed by atoms with Crippen LogP contribution in [0.15, 0.2) is 18.2 Å². The quantitative estimate of drug-likeness (QED) is 0.857. The standard InChI is InChI=1S/C12H16FN3O3S/c1-8(14)12(17)15-9-3-4-10(13)11(7-9)16-5-2-6-20(16,18)19/h3-4,7-8H,2,5-6,14H2,1H3,(H,15,17)/t8-/m0/s1. The van der Waals surface area contributed by atoms with Crippen LogP contribution in [0.2, 0.25) is 0 Å². The van der Waals surface area contributed by atoms with Crippen LogP contribution in [0.1, 0.15) is 13.3 Å². The van der Waals surface area contributed by atoms with E-state index in [4.69, 9.17) is 5.73 Å². The van der Waals surface area contributed by atoms with Crippen LogP contribution in [0, 0.1) is 5.82 Å². The number of hydrogen-bond acceptors (Lipinski definition) is 4. The fraction of sp³-hybridized carbons (Fsp3) is 0.417. The summed E-state index contributed by atoms with van der Waals surface area (Å²) in [5.74, 6) is -1.07. The zero-order valence-electron chi connectivity index (χ0n) is 11.0. The summed E-state index contributed by atoms with van der Waals surface area (Å²) in [6, 6.07) is 3.08. The largest absolute Gasteiger partial charge is 0.325 e. The molecule has 0 aromatic heterocycles. The molecule has 1 aromatic carbocycles. The third kappa shape index (κ3) is 2.91. The van der Waals surface area contributed by atoms with Crippen molar-refractivity contribution in [2.24, 2.45) is 5.73 Å². The maximum atomic E-state index is 13.8. The predicted molar refractivity (Wildman–Crippen MR) is 74.4 cm³/mol. The van der Waals surface area contributed by atoms with Gasteiger partial charge in [0.25, 0.3) is 0 Å². The monoisotopic (exact) mass is 301 g/mol. The van der Waals surface area contributed by atoms with Crippen molar-refractivity contribution in [2.45, 2.75) is 19.4 Å². The van der Waals surface area contributed by atoms with Crippen LogP contribution in [0.4, 0.5) is 15.8 Å². The SMILES string of the molecule is C[C@H](N)C(=O)Nc1ccc(F)c(N2CCCS2(=O)=O)c1. The lowest BCUT2D eigenvalue weighted by molar-refractivity contribution is -0.117. The Bertz CT molecular complexity index is 631. The summed E-state index contributed by atoms with van der Waals surface area (Å²) >= 11 is 0. The van der Waals surface area contributed by atoms with E-state index in [2.05, 4.69) is 5.32 Å². The third-order valence-electron chi connectivity index (χ3n) is 3.00. The van der Waals surface area contributed by atoms with Gasteiger partial charge in [0.2, 0.25) is 15.9 Å². The van der Waals surface area contributed by atoms with Gasteiger partial charge in [-0.25, -0.2) is 12.8 Å². The van der Waals surface area contributed by atoms with E-state index in [1.54, 1.807) is 0 Å². The molecule has 0 aliphatic carbocycles. The number of nitrogens with two attached hydrogens (primary N) is 1. The van der Waals surface area contributed by atoms with E-state index < -0.39 is 27.8 Å². The molecular formula is C12H16FN3O3S. The van der Waals surface area contributed by atoms with E-state index in [-0.39, 0.29) is 18.0 Å². The van der Waals surface area contributed by atoms with E-state index in [1.165, 1.54) is 19.1 Å². The Hall–Kier alpha value is -1.67. The lowest BCUT2D eigenvalue weighted by Crippen LogP contribution is -2.32. The number of benzene rings is 1. The van der Waals surface area contributed by atoms with E-state index in [1.807, 2.05) is 0 Å². The first kappa shape index (κ1) is 14.7. The summed E-state index contributed by atoms with van der Waals surface area (Å²) < 4.78 is 38.5. The Morgan fingerprint density at radius 2 is 2.20 bits per heavy atom. The summed E-state index contributed by atoms with van der Waals surface area (Å²) in [5.41, 5.74) is 5.68. The van der Waals surface area contributed by atoms with Crippen LogP contribution in [0.5, 0.6) is 0 Å². The lowest BCUT2D eigenvalue weighted by Gasteiger charge is -2.19. The average Bonchev–Trinajstić information content (AvgIpc) is 2.71. The number of anilines is 2. The van der Waals surface area contributed by atoms with Gasteiger partial charge in [-0.3, -0.25) is 9.10 Å². The number of amides is 1. The highest BCUT2D eigenvalue weighted by molar-refractivity contribution is 7.93. The van der Waals surface area contributed by atoms with Gasteiger partial charge in [0, 0.05) is 12.2 Å². The average molecular weight is 301 g/mol. The molecule has 1 aromatic rings. The molecule has 110 valence electrons. The van der Waals surface area contributed by atoms with Crippen LogP contribution in [0.3, 0.4) is 0 Å². The van der Waals surface area contributed by atoms with Gasteiger partial charge >= 0.3 is 0 Å². The number of nitrogens with one attached hydrogen (secondary N) is 1. The topological polar surface area (TPSA) is 92.5 Å². The molecule has 6 nitrogen and oxygen atoms in total. The Morgan fingerprint density at radius 3 is 2.75 bits per heavy atom. The molecule has 1 aliphatic rings. The maximum absolute atomic E-state index is 13.8. The molecule has 1 saturated heterocycles. The summed E-state index contributed by atoms with van der Waals surface area (Å²) in [4.78, 5) is 11.5. The predicted octanol–water partition coefficient (Wildman–Crippen LogP) is 0.651. The molecule has 0 spiro atoms. The molecule has 1 amide bonds. The van der Waals surface area contributed by atoms with Crippen LogP contribution in [-0.4, -0.2) is 32.7 Å². The molecule has 0 saturated carbocycles. The first-order valence-electron chi connectivity index (χ1n) is 6.17. The molecule has 0 radical (unpaired) electrons. The van der Waals surface area contributed by atoms with Crippen LogP contribution in [-0.2, 0) is 14.8 Å². The number of hydrogen-bond donors (Lipinski definition) is 2. The smallest absolute Gasteiger partial charge is 0.240 e. The van der Waals surface area contributed by atoms with E-state index in [9.17, 15) is 17.6 Å². The zero-order chi connectivity index (χ0) is 14.9. The van der Waals surface area contributed by atoms with E-state index >= 15 is 0 Å². The maximum Gasteiger partial charge on any atom is 0.240 e.